The Bertz CT molecular complexity index is 1130. The molecule has 36 heavy (non-hydrogen) atoms. The number of hydrogen-bond acceptors (Lipinski definition) is 7. The van der Waals surface area contributed by atoms with E-state index < -0.39 is 12.1 Å². The van der Waals surface area contributed by atoms with Gasteiger partial charge in [0.25, 0.3) is 5.91 Å². The standard InChI is InChI=1S/C25H28N4O6S/c1-15(2)21-22(30)29(24(36)27-21)20-8-7-19(13-26-20)35-25(33)28-11-9-16(10-12-28)14-34-18-5-3-17(4-6-18)23(31)32/h3-8,13,15-16,21H,9-12,14H2,1-2H3,(H,27,36)(H,31,32). The third-order valence-corrected chi connectivity index (χ3v) is 6.55. The molecule has 190 valence electrons. The van der Waals surface area contributed by atoms with E-state index in [1.54, 1.807) is 29.2 Å². The molecule has 2 saturated heterocycles. The van der Waals surface area contributed by atoms with E-state index in [1.165, 1.54) is 23.2 Å². The molecule has 2 amide bonds. The minimum Gasteiger partial charge on any atom is -0.493 e. The number of amides is 2. The van der Waals surface area contributed by atoms with E-state index in [0.717, 1.165) is 12.8 Å². The lowest BCUT2D eigenvalue weighted by Gasteiger charge is -2.31. The first-order valence-corrected chi connectivity index (χ1v) is 12.2. The number of hydrogen-bond donors (Lipinski definition) is 2. The molecule has 1 aromatic carbocycles. The number of piperidine rings is 1. The Hall–Kier alpha value is -3.73. The molecule has 0 radical (unpaired) electrons. The molecule has 4 rings (SSSR count). The van der Waals surface area contributed by atoms with Crippen LogP contribution in [0.15, 0.2) is 42.6 Å². The molecule has 3 heterocycles. The van der Waals surface area contributed by atoms with E-state index in [4.69, 9.17) is 26.8 Å². The summed E-state index contributed by atoms with van der Waals surface area (Å²) in [5, 5.41) is 12.3. The molecule has 2 N–H and O–H groups in total. The Kier molecular flexibility index (Phi) is 7.68. The van der Waals surface area contributed by atoms with Crippen LogP contribution in [0.4, 0.5) is 10.6 Å². The Morgan fingerprint density at radius 3 is 2.36 bits per heavy atom. The molecule has 1 atom stereocenters. The molecule has 0 aliphatic carbocycles. The number of carboxylic acids is 1. The Morgan fingerprint density at radius 2 is 1.81 bits per heavy atom. The number of likely N-dealkylation sites (tertiary alicyclic amines) is 1. The van der Waals surface area contributed by atoms with E-state index in [1.807, 2.05) is 13.8 Å². The van der Waals surface area contributed by atoms with Gasteiger partial charge in [-0.25, -0.2) is 19.5 Å². The lowest BCUT2D eigenvalue weighted by atomic mass is 9.98. The van der Waals surface area contributed by atoms with Gasteiger partial charge in [-0.1, -0.05) is 13.8 Å². The molecule has 0 spiro atoms. The largest absolute Gasteiger partial charge is 0.493 e. The smallest absolute Gasteiger partial charge is 0.415 e. The van der Waals surface area contributed by atoms with Gasteiger partial charge in [0.2, 0.25) is 0 Å². The summed E-state index contributed by atoms with van der Waals surface area (Å²) in [5.41, 5.74) is 0.212. The van der Waals surface area contributed by atoms with E-state index in [9.17, 15) is 14.4 Å². The quantitative estimate of drug-likeness (QED) is 0.538. The van der Waals surface area contributed by atoms with Crippen molar-refractivity contribution in [3.8, 4) is 11.5 Å². The van der Waals surface area contributed by atoms with Gasteiger partial charge >= 0.3 is 12.1 Å². The summed E-state index contributed by atoms with van der Waals surface area (Å²) < 4.78 is 11.3. The van der Waals surface area contributed by atoms with E-state index in [2.05, 4.69) is 10.3 Å². The molecular weight excluding hydrogens is 484 g/mol. The highest BCUT2D eigenvalue weighted by atomic mass is 32.1. The zero-order chi connectivity index (χ0) is 25.8. The first-order valence-electron chi connectivity index (χ1n) is 11.8. The van der Waals surface area contributed by atoms with Gasteiger partial charge < -0.3 is 24.8 Å². The fraction of sp³-hybridized carbons (Fsp3) is 0.400. The Morgan fingerprint density at radius 1 is 1.14 bits per heavy atom. The summed E-state index contributed by atoms with van der Waals surface area (Å²) >= 11 is 5.29. The van der Waals surface area contributed by atoms with Crippen LogP contribution in [-0.2, 0) is 4.79 Å². The van der Waals surface area contributed by atoms with Crippen molar-refractivity contribution in [2.45, 2.75) is 32.7 Å². The number of pyridine rings is 1. The lowest BCUT2D eigenvalue weighted by molar-refractivity contribution is -0.119. The van der Waals surface area contributed by atoms with Crippen molar-refractivity contribution < 1.29 is 29.0 Å². The van der Waals surface area contributed by atoms with Gasteiger partial charge in [-0.05, 0) is 73.3 Å². The molecule has 11 heteroatoms. The first-order chi connectivity index (χ1) is 17.2. The van der Waals surface area contributed by atoms with Crippen molar-refractivity contribution in [3.63, 3.8) is 0 Å². The number of aromatic nitrogens is 1. The average molecular weight is 513 g/mol. The van der Waals surface area contributed by atoms with Crippen molar-refractivity contribution >= 4 is 41.1 Å². The molecule has 0 bridgehead atoms. The van der Waals surface area contributed by atoms with Gasteiger partial charge in [0, 0.05) is 13.1 Å². The first kappa shape index (κ1) is 25.4. The molecule has 2 aromatic rings. The normalized spacial score (nSPS) is 18.4. The number of benzene rings is 1. The van der Waals surface area contributed by atoms with Crippen LogP contribution in [0.5, 0.6) is 11.5 Å². The maximum absolute atomic E-state index is 12.6. The second-order valence-corrected chi connectivity index (χ2v) is 9.52. The highest BCUT2D eigenvalue weighted by Gasteiger charge is 2.38. The maximum atomic E-state index is 12.6. The summed E-state index contributed by atoms with van der Waals surface area (Å²) in [4.78, 5) is 43.4. The van der Waals surface area contributed by atoms with Gasteiger partial charge in [0.05, 0.1) is 18.4 Å². The van der Waals surface area contributed by atoms with E-state index in [0.29, 0.717) is 36.4 Å². The zero-order valence-electron chi connectivity index (χ0n) is 20.0. The van der Waals surface area contributed by atoms with Gasteiger partial charge in [0.1, 0.15) is 17.6 Å². The van der Waals surface area contributed by atoms with E-state index in [-0.39, 0.29) is 35.1 Å². The van der Waals surface area contributed by atoms with Crippen LogP contribution in [0.3, 0.4) is 0 Å². The zero-order valence-corrected chi connectivity index (χ0v) is 20.9. The number of nitrogens with zero attached hydrogens (tertiary/aromatic N) is 3. The van der Waals surface area contributed by atoms with Crippen molar-refractivity contribution in [3.05, 3.63) is 48.2 Å². The minimum atomic E-state index is -0.976. The number of aromatic carboxylic acids is 1. The predicted molar refractivity (Wildman–Crippen MR) is 135 cm³/mol. The number of rotatable bonds is 7. The summed E-state index contributed by atoms with van der Waals surface area (Å²) in [6.45, 7) is 5.44. The van der Waals surface area contributed by atoms with Crippen molar-refractivity contribution in [2.24, 2.45) is 11.8 Å². The monoisotopic (exact) mass is 512 g/mol. The van der Waals surface area contributed by atoms with Crippen LogP contribution in [0.25, 0.3) is 0 Å². The molecule has 2 aliphatic rings. The fourth-order valence-electron chi connectivity index (χ4n) is 4.09. The minimum absolute atomic E-state index is 0.0849. The summed E-state index contributed by atoms with van der Waals surface area (Å²) in [6, 6.07) is 9.10. The number of thiocarbonyl (C=S) groups is 1. The van der Waals surface area contributed by atoms with Gasteiger partial charge in [-0.3, -0.25) is 4.79 Å². The van der Waals surface area contributed by atoms with Crippen LogP contribution < -0.4 is 19.7 Å². The lowest BCUT2D eigenvalue weighted by Crippen LogP contribution is -2.41. The van der Waals surface area contributed by atoms with Gasteiger partial charge in [-0.2, -0.15) is 0 Å². The van der Waals surface area contributed by atoms with Crippen LogP contribution in [0.2, 0.25) is 0 Å². The van der Waals surface area contributed by atoms with Crippen LogP contribution in [-0.4, -0.2) is 63.8 Å². The highest BCUT2D eigenvalue weighted by Crippen LogP contribution is 2.24. The maximum Gasteiger partial charge on any atom is 0.415 e. The number of ether oxygens (including phenoxy) is 2. The third kappa shape index (κ3) is 5.73. The third-order valence-electron chi connectivity index (χ3n) is 6.25. The SMILES string of the molecule is CC(C)C1NC(=S)N(c2ccc(OC(=O)N3CCC(COc4ccc(C(=O)O)cc4)CC3)cn2)C1=O. The van der Waals surface area contributed by atoms with E-state index >= 15 is 0 Å². The average Bonchev–Trinajstić information content (AvgIpc) is 3.17. The molecule has 10 nitrogen and oxygen atoms in total. The fourth-order valence-corrected chi connectivity index (χ4v) is 4.40. The summed E-state index contributed by atoms with van der Waals surface area (Å²) in [7, 11) is 0. The number of carbonyl (C=O) groups is 3. The van der Waals surface area contributed by atoms with Gasteiger partial charge in [-0.15, -0.1) is 0 Å². The second kappa shape index (κ2) is 10.9. The second-order valence-electron chi connectivity index (χ2n) is 9.14. The Labute approximate surface area is 214 Å². The number of anilines is 1. The van der Waals surface area contributed by atoms with Crippen LogP contribution in [0.1, 0.15) is 37.0 Å². The molecule has 2 aliphatic heterocycles. The molecule has 0 saturated carbocycles. The van der Waals surface area contributed by atoms with Crippen molar-refractivity contribution in [1.82, 2.24) is 15.2 Å². The predicted octanol–water partition coefficient (Wildman–Crippen LogP) is 3.32. The summed E-state index contributed by atoms with van der Waals surface area (Å²) in [5.74, 6) is 0.501. The number of nitrogens with one attached hydrogen (secondary N) is 1. The number of carboxylic acid groups (broad SMARTS) is 1. The summed E-state index contributed by atoms with van der Waals surface area (Å²) in [6.07, 6.45) is 2.47. The molecule has 1 aromatic heterocycles. The Balaban J connectivity index is 1.24. The van der Waals surface area contributed by atoms with Crippen LogP contribution >= 0.6 is 12.2 Å². The molecule has 1 unspecified atom stereocenters. The van der Waals surface area contributed by atoms with Crippen LogP contribution in [0, 0.1) is 11.8 Å². The van der Waals surface area contributed by atoms with Crippen molar-refractivity contribution in [1.29, 1.82) is 0 Å². The van der Waals surface area contributed by atoms with Gasteiger partial charge in [0.15, 0.2) is 10.9 Å². The molecule has 2 fully saturated rings. The topological polar surface area (TPSA) is 121 Å². The highest BCUT2D eigenvalue weighted by molar-refractivity contribution is 7.80. The van der Waals surface area contributed by atoms with Crippen molar-refractivity contribution in [2.75, 3.05) is 24.6 Å². The molecular formula is C25H28N4O6S. The number of carbonyl (C=O) groups excluding carboxylic acids is 2.